The molecule has 0 radical (unpaired) electrons. The minimum atomic E-state index is -0.503. The number of hydrogen-bond donors (Lipinski definition) is 0. The fourth-order valence-corrected chi connectivity index (χ4v) is 9.10. The summed E-state index contributed by atoms with van der Waals surface area (Å²) in [7, 11) is 0. The summed E-state index contributed by atoms with van der Waals surface area (Å²) >= 11 is 0. The Morgan fingerprint density at radius 3 is 1.52 bits per heavy atom. The van der Waals surface area contributed by atoms with Crippen LogP contribution in [0.3, 0.4) is 0 Å². The highest BCUT2D eigenvalue weighted by Gasteiger charge is 2.31. The maximum Gasteiger partial charge on any atom is 0.219 e. The number of nitrogens with zero attached hydrogens (tertiary/aromatic N) is 14. The third-order valence-corrected chi connectivity index (χ3v) is 12.9. The molecular weight excluding hydrogens is 843 g/mol. The van der Waals surface area contributed by atoms with Gasteiger partial charge in [0, 0.05) is 158 Å². The zero-order valence-corrected chi connectivity index (χ0v) is 37.6. The minimum Gasteiger partial charge on any atom is -0.368 e. The highest BCUT2D eigenvalue weighted by molar-refractivity contribution is 5.74. The first-order valence-electron chi connectivity index (χ1n) is 22.4. The molecule has 0 bridgehead atoms. The Labute approximate surface area is 382 Å². The summed E-state index contributed by atoms with van der Waals surface area (Å²) < 4.78 is 29.2. The third-order valence-electron chi connectivity index (χ3n) is 12.9. The van der Waals surface area contributed by atoms with Crippen molar-refractivity contribution in [3.63, 3.8) is 0 Å². The smallest absolute Gasteiger partial charge is 0.219 e. The molecule has 2 fully saturated rings. The number of piperazine rings is 2. The van der Waals surface area contributed by atoms with Crippen LogP contribution in [0.15, 0.2) is 85.5 Å². The molecule has 18 heteroatoms. The molecule has 0 spiro atoms. The van der Waals surface area contributed by atoms with Gasteiger partial charge in [-0.2, -0.15) is 4.39 Å². The second-order valence-corrected chi connectivity index (χ2v) is 16.9. The van der Waals surface area contributed by atoms with Crippen molar-refractivity contribution >= 4 is 35.0 Å². The molecule has 6 aromatic heterocycles. The Morgan fingerprint density at radius 2 is 1.03 bits per heavy atom. The standard InChI is InChI=1S/2C24H26FN7O/c1-16-19-15-27-24(21-5-3-4-7-26-21)28-20(19)6-8-32(16)23-14-18(13-22(25)29-23)31-11-9-30(10-12-31)17(2)33;1-16-19-15-27-24(21-5-3-4-7-26-21)28-20(19)6-8-32(16)23-14-18(25)13-22(29-23)31-11-9-30(10-12-31)17(2)33/h2*3-5,7,13-16H,6,8-12H2,1-2H3. The lowest BCUT2D eigenvalue weighted by Gasteiger charge is -2.38. The molecule has 4 aliphatic rings. The molecular formula is C48H52F2N14O2. The summed E-state index contributed by atoms with van der Waals surface area (Å²) in [6, 6.07) is 17.7. The van der Waals surface area contributed by atoms with Crippen molar-refractivity contribution in [2.24, 2.45) is 0 Å². The first-order valence-corrected chi connectivity index (χ1v) is 22.4. The highest BCUT2D eigenvalue weighted by Crippen LogP contribution is 2.36. The molecule has 66 heavy (non-hydrogen) atoms. The van der Waals surface area contributed by atoms with Crippen molar-refractivity contribution in [1.29, 1.82) is 0 Å². The average Bonchev–Trinajstić information content (AvgIpc) is 3.34. The fourth-order valence-electron chi connectivity index (χ4n) is 9.10. The van der Waals surface area contributed by atoms with E-state index >= 15 is 0 Å². The molecule has 2 amide bonds. The van der Waals surface area contributed by atoms with Crippen LogP contribution in [0.1, 0.15) is 62.3 Å². The molecule has 0 saturated carbocycles. The summed E-state index contributed by atoms with van der Waals surface area (Å²) in [5.74, 6) is 2.36. The lowest BCUT2D eigenvalue weighted by Crippen LogP contribution is -2.48. The van der Waals surface area contributed by atoms with Crippen molar-refractivity contribution < 1.29 is 18.4 Å². The van der Waals surface area contributed by atoms with Gasteiger partial charge in [-0.25, -0.2) is 34.3 Å². The number of halogens is 2. The summed E-state index contributed by atoms with van der Waals surface area (Å²) in [4.78, 5) is 71.5. The van der Waals surface area contributed by atoms with Crippen LogP contribution in [-0.2, 0) is 22.4 Å². The normalized spacial score (nSPS) is 18.3. The maximum absolute atomic E-state index is 14.6. The Bertz CT molecular complexity index is 2510. The molecule has 4 aliphatic heterocycles. The fraction of sp³-hybridized carbons (Fsp3) is 0.375. The molecule has 10 heterocycles. The number of carbonyl (C=O) groups is 2. The number of anilines is 4. The number of rotatable bonds is 6. The van der Waals surface area contributed by atoms with Crippen molar-refractivity contribution in [2.45, 2.75) is 52.6 Å². The summed E-state index contributed by atoms with van der Waals surface area (Å²) in [6.45, 7) is 13.8. The molecule has 2 saturated heterocycles. The summed E-state index contributed by atoms with van der Waals surface area (Å²) in [5, 5.41) is 0. The number of pyridine rings is 4. The van der Waals surface area contributed by atoms with Crippen LogP contribution < -0.4 is 19.6 Å². The van der Waals surface area contributed by atoms with Gasteiger partial charge in [-0.1, -0.05) is 12.1 Å². The van der Waals surface area contributed by atoms with E-state index in [9.17, 15) is 18.4 Å². The van der Waals surface area contributed by atoms with Gasteiger partial charge in [0.2, 0.25) is 17.8 Å². The van der Waals surface area contributed by atoms with Gasteiger partial charge in [0.15, 0.2) is 11.6 Å². The number of carbonyl (C=O) groups excluding carboxylic acids is 2. The van der Waals surface area contributed by atoms with Crippen LogP contribution in [-0.4, -0.2) is 127 Å². The average molecular weight is 895 g/mol. The molecule has 340 valence electrons. The van der Waals surface area contributed by atoms with E-state index in [4.69, 9.17) is 15.0 Å². The lowest BCUT2D eigenvalue weighted by atomic mass is 9.99. The second-order valence-electron chi connectivity index (χ2n) is 16.9. The molecule has 0 aromatic carbocycles. The van der Waals surface area contributed by atoms with Gasteiger partial charge in [-0.15, -0.1) is 0 Å². The monoisotopic (exact) mass is 894 g/mol. The third kappa shape index (κ3) is 9.44. The zero-order chi connectivity index (χ0) is 45.9. The van der Waals surface area contributed by atoms with Crippen molar-refractivity contribution in [2.75, 3.05) is 85.0 Å². The second kappa shape index (κ2) is 19.1. The van der Waals surface area contributed by atoms with E-state index in [0.29, 0.717) is 107 Å². The van der Waals surface area contributed by atoms with Crippen LogP contribution in [0, 0.1) is 11.8 Å². The zero-order valence-electron chi connectivity index (χ0n) is 37.6. The van der Waals surface area contributed by atoms with Gasteiger partial charge in [-0.3, -0.25) is 19.6 Å². The maximum atomic E-state index is 14.6. The van der Waals surface area contributed by atoms with E-state index in [-0.39, 0.29) is 29.7 Å². The highest BCUT2D eigenvalue weighted by atomic mass is 19.1. The van der Waals surface area contributed by atoms with Gasteiger partial charge in [0.25, 0.3) is 0 Å². The lowest BCUT2D eigenvalue weighted by molar-refractivity contribution is -0.129. The quantitative estimate of drug-likeness (QED) is 0.187. The van der Waals surface area contributed by atoms with E-state index in [1.165, 1.54) is 18.2 Å². The van der Waals surface area contributed by atoms with Gasteiger partial charge in [-0.05, 0) is 38.1 Å². The molecule has 0 aliphatic carbocycles. The first kappa shape index (κ1) is 44.0. The first-order chi connectivity index (χ1) is 32.0. The van der Waals surface area contributed by atoms with Gasteiger partial charge >= 0.3 is 0 Å². The van der Waals surface area contributed by atoms with E-state index in [0.717, 1.165) is 39.6 Å². The van der Waals surface area contributed by atoms with Crippen LogP contribution in [0.25, 0.3) is 23.0 Å². The molecule has 0 N–H and O–H groups in total. The van der Waals surface area contributed by atoms with E-state index in [2.05, 4.69) is 53.5 Å². The number of aromatic nitrogens is 8. The van der Waals surface area contributed by atoms with E-state index in [1.807, 2.05) is 64.7 Å². The van der Waals surface area contributed by atoms with Crippen molar-refractivity contribution in [3.05, 3.63) is 120 Å². The largest absolute Gasteiger partial charge is 0.368 e. The van der Waals surface area contributed by atoms with E-state index in [1.54, 1.807) is 31.1 Å². The molecule has 2 atom stereocenters. The van der Waals surface area contributed by atoms with Gasteiger partial charge < -0.3 is 29.4 Å². The molecule has 6 aromatic rings. The SMILES string of the molecule is CC(=O)N1CCN(c2cc(F)cc(N3CCc4nc(-c5ccccn5)ncc4C3C)n2)CC1.CC(=O)N1CCN(c2cc(F)nc(N3CCc4nc(-c5ccccn5)ncc4C3C)c2)CC1. The number of fused-ring (bicyclic) bond motifs is 2. The Morgan fingerprint density at radius 1 is 0.545 bits per heavy atom. The summed E-state index contributed by atoms with van der Waals surface area (Å²) in [5.41, 5.74) is 6.30. The number of amides is 2. The minimum absolute atomic E-state index is 0.0387. The van der Waals surface area contributed by atoms with Gasteiger partial charge in [0.05, 0.1) is 23.5 Å². The van der Waals surface area contributed by atoms with Gasteiger partial charge in [0.1, 0.15) is 34.7 Å². The molecule has 2 unspecified atom stereocenters. The van der Waals surface area contributed by atoms with Crippen LogP contribution >= 0.6 is 0 Å². The number of hydrogen-bond acceptors (Lipinski definition) is 14. The Hall–Kier alpha value is -7.24. The van der Waals surface area contributed by atoms with Crippen molar-refractivity contribution in [3.8, 4) is 23.0 Å². The predicted molar refractivity (Wildman–Crippen MR) is 247 cm³/mol. The summed E-state index contributed by atoms with van der Waals surface area (Å²) in [6.07, 6.45) is 8.60. The topological polar surface area (TPSA) is 157 Å². The van der Waals surface area contributed by atoms with Crippen LogP contribution in [0.4, 0.5) is 31.9 Å². The van der Waals surface area contributed by atoms with Crippen molar-refractivity contribution in [1.82, 2.24) is 49.7 Å². The van der Waals surface area contributed by atoms with E-state index < -0.39 is 5.95 Å². The van der Waals surface area contributed by atoms with Crippen LogP contribution in [0.2, 0.25) is 0 Å². The predicted octanol–water partition coefficient (Wildman–Crippen LogP) is 5.73. The molecule has 16 nitrogen and oxygen atoms in total. The molecule has 10 rings (SSSR count). The Kier molecular flexibility index (Phi) is 12.7. The Balaban J connectivity index is 0.000000166. The van der Waals surface area contributed by atoms with Crippen LogP contribution in [0.5, 0.6) is 0 Å².